The quantitative estimate of drug-likeness (QED) is 0.778. The molecule has 0 fully saturated rings. The van der Waals surface area contributed by atoms with Crippen molar-refractivity contribution in [2.45, 2.75) is 19.8 Å². The number of aryl methyl sites for hydroxylation is 2. The first-order valence-corrected chi connectivity index (χ1v) is 6.16. The van der Waals surface area contributed by atoms with Crippen LogP contribution in [0.2, 0.25) is 0 Å². The first kappa shape index (κ1) is 12.4. The van der Waals surface area contributed by atoms with Crippen molar-refractivity contribution in [2.75, 3.05) is 6.54 Å². The van der Waals surface area contributed by atoms with Gasteiger partial charge in [0.05, 0.1) is 0 Å². The lowest BCUT2D eigenvalue weighted by atomic mass is 10.1. The lowest BCUT2D eigenvalue weighted by Gasteiger charge is -2.03. The number of rotatable bonds is 5. The van der Waals surface area contributed by atoms with E-state index in [1.807, 2.05) is 12.1 Å². The van der Waals surface area contributed by atoms with Gasteiger partial charge in [0, 0.05) is 29.6 Å². The first-order chi connectivity index (χ1) is 8.72. The van der Waals surface area contributed by atoms with Gasteiger partial charge in [0.1, 0.15) is 0 Å². The minimum atomic E-state index is 0.0691. The highest BCUT2D eigenvalue weighted by Crippen LogP contribution is 2.22. The molecule has 0 saturated carbocycles. The molecule has 94 valence electrons. The second-order valence-corrected chi connectivity index (χ2v) is 4.37. The van der Waals surface area contributed by atoms with Crippen LogP contribution in [0.25, 0.3) is 10.9 Å². The number of carbonyl (C=O) groups excluding carboxylic acids is 1. The maximum Gasteiger partial charge on any atom is 0.220 e. The van der Waals surface area contributed by atoms with Crippen molar-refractivity contribution in [3.8, 4) is 0 Å². The summed E-state index contributed by atoms with van der Waals surface area (Å²) < 4.78 is 0. The molecule has 2 aromatic rings. The summed E-state index contributed by atoms with van der Waals surface area (Å²) in [5.41, 5.74) is 3.52. The van der Waals surface area contributed by atoms with Crippen molar-refractivity contribution in [3.63, 3.8) is 0 Å². The van der Waals surface area contributed by atoms with E-state index in [4.69, 9.17) is 0 Å². The highest BCUT2D eigenvalue weighted by Gasteiger charge is 2.09. The molecule has 0 aliphatic rings. The zero-order valence-corrected chi connectivity index (χ0v) is 10.6. The lowest BCUT2D eigenvalue weighted by molar-refractivity contribution is -0.120. The number of aromatic amines is 1. The minimum absolute atomic E-state index is 0.0691. The average molecular weight is 242 g/mol. The first-order valence-electron chi connectivity index (χ1n) is 6.16. The average Bonchev–Trinajstić information content (AvgIpc) is 2.69. The molecule has 2 N–H and O–H groups in total. The van der Waals surface area contributed by atoms with Gasteiger partial charge in [-0.2, -0.15) is 0 Å². The summed E-state index contributed by atoms with van der Waals surface area (Å²) in [6.07, 6.45) is 2.96. The van der Waals surface area contributed by atoms with E-state index in [1.54, 1.807) is 6.08 Å². The Bertz CT molecular complexity index is 569. The number of hydrogen-bond donors (Lipinski definition) is 2. The molecule has 0 bridgehead atoms. The Kier molecular flexibility index (Phi) is 3.82. The van der Waals surface area contributed by atoms with E-state index in [0.717, 1.165) is 17.6 Å². The summed E-state index contributed by atoms with van der Waals surface area (Å²) >= 11 is 0. The predicted octanol–water partition coefficient (Wildman–Crippen LogP) is 2.71. The van der Waals surface area contributed by atoms with Gasteiger partial charge < -0.3 is 10.3 Å². The summed E-state index contributed by atoms with van der Waals surface area (Å²) in [6.45, 7) is 6.16. The van der Waals surface area contributed by atoms with E-state index in [-0.39, 0.29) is 5.91 Å². The molecule has 0 aliphatic carbocycles. The summed E-state index contributed by atoms with van der Waals surface area (Å²) in [5.74, 6) is 0.0691. The van der Waals surface area contributed by atoms with Gasteiger partial charge in [-0.3, -0.25) is 4.79 Å². The van der Waals surface area contributed by atoms with E-state index in [1.165, 1.54) is 10.9 Å². The number of para-hydroxylation sites is 1. The van der Waals surface area contributed by atoms with Crippen LogP contribution in [0, 0.1) is 6.92 Å². The molecule has 1 amide bonds. The summed E-state index contributed by atoms with van der Waals surface area (Å²) in [7, 11) is 0. The highest BCUT2D eigenvalue weighted by atomic mass is 16.1. The van der Waals surface area contributed by atoms with Crippen molar-refractivity contribution in [2.24, 2.45) is 0 Å². The maximum absolute atomic E-state index is 11.6. The molecule has 1 aromatic heterocycles. The molecule has 1 heterocycles. The molecule has 3 heteroatoms. The van der Waals surface area contributed by atoms with Crippen LogP contribution < -0.4 is 5.32 Å². The second kappa shape index (κ2) is 5.54. The summed E-state index contributed by atoms with van der Waals surface area (Å²) in [4.78, 5) is 14.9. The van der Waals surface area contributed by atoms with Gasteiger partial charge in [-0.25, -0.2) is 0 Å². The van der Waals surface area contributed by atoms with E-state index in [9.17, 15) is 4.79 Å². The Morgan fingerprint density at radius 3 is 3.00 bits per heavy atom. The zero-order chi connectivity index (χ0) is 13.0. The molecule has 2 rings (SSSR count). The number of H-pyrrole nitrogens is 1. The number of aromatic nitrogens is 1. The van der Waals surface area contributed by atoms with Gasteiger partial charge in [0.15, 0.2) is 0 Å². The Morgan fingerprint density at radius 1 is 1.44 bits per heavy atom. The third kappa shape index (κ3) is 2.62. The molecule has 0 atom stereocenters. The molecule has 1 aromatic carbocycles. The van der Waals surface area contributed by atoms with Crippen LogP contribution in [0.15, 0.2) is 36.9 Å². The molecule has 18 heavy (non-hydrogen) atoms. The molecule has 3 nitrogen and oxygen atoms in total. The Balaban J connectivity index is 2.09. The summed E-state index contributed by atoms with van der Waals surface area (Å²) in [6, 6.07) is 8.19. The van der Waals surface area contributed by atoms with Crippen molar-refractivity contribution >= 4 is 16.8 Å². The molecule has 0 aliphatic heterocycles. The topological polar surface area (TPSA) is 44.9 Å². The van der Waals surface area contributed by atoms with Crippen molar-refractivity contribution < 1.29 is 4.79 Å². The van der Waals surface area contributed by atoms with E-state index in [2.05, 4.69) is 35.9 Å². The SMILES string of the molecule is C=CCNC(=O)CCc1c(C)[nH]c2ccccc12. The lowest BCUT2D eigenvalue weighted by Crippen LogP contribution is -2.23. The van der Waals surface area contributed by atoms with Gasteiger partial charge in [0.25, 0.3) is 0 Å². The third-order valence-electron chi connectivity index (χ3n) is 3.07. The van der Waals surface area contributed by atoms with E-state index >= 15 is 0 Å². The second-order valence-electron chi connectivity index (χ2n) is 4.37. The number of amides is 1. The fraction of sp³-hybridized carbons (Fsp3) is 0.267. The third-order valence-corrected chi connectivity index (χ3v) is 3.07. The molecule has 0 unspecified atom stereocenters. The van der Waals surface area contributed by atoms with Crippen LogP contribution >= 0.6 is 0 Å². The van der Waals surface area contributed by atoms with Gasteiger partial charge in [0.2, 0.25) is 5.91 Å². The molecular formula is C15H18N2O. The zero-order valence-electron chi connectivity index (χ0n) is 10.6. The van der Waals surface area contributed by atoms with Crippen molar-refractivity contribution in [1.82, 2.24) is 10.3 Å². The van der Waals surface area contributed by atoms with Crippen LogP contribution in [-0.2, 0) is 11.2 Å². The van der Waals surface area contributed by atoms with Crippen LogP contribution in [0.1, 0.15) is 17.7 Å². The smallest absolute Gasteiger partial charge is 0.220 e. The van der Waals surface area contributed by atoms with E-state index in [0.29, 0.717) is 13.0 Å². The Hall–Kier alpha value is -2.03. The number of benzene rings is 1. The maximum atomic E-state index is 11.6. The van der Waals surface area contributed by atoms with Crippen LogP contribution in [0.5, 0.6) is 0 Å². The number of fused-ring (bicyclic) bond motifs is 1. The Labute approximate surface area is 107 Å². The Morgan fingerprint density at radius 2 is 2.22 bits per heavy atom. The monoisotopic (exact) mass is 242 g/mol. The van der Waals surface area contributed by atoms with Crippen LogP contribution in [-0.4, -0.2) is 17.4 Å². The van der Waals surface area contributed by atoms with Crippen molar-refractivity contribution in [3.05, 3.63) is 48.2 Å². The van der Waals surface area contributed by atoms with Gasteiger partial charge in [-0.05, 0) is 25.0 Å². The molecule has 0 saturated heterocycles. The standard InChI is InChI=1S/C15H18N2O/c1-3-10-16-15(18)9-8-12-11(2)17-14-7-5-4-6-13(12)14/h3-7,17H,1,8-10H2,2H3,(H,16,18). The van der Waals surface area contributed by atoms with Gasteiger partial charge in [-0.15, -0.1) is 6.58 Å². The largest absolute Gasteiger partial charge is 0.358 e. The molecular weight excluding hydrogens is 224 g/mol. The number of nitrogens with one attached hydrogen (secondary N) is 2. The highest BCUT2D eigenvalue weighted by molar-refractivity contribution is 5.85. The van der Waals surface area contributed by atoms with Gasteiger partial charge >= 0.3 is 0 Å². The fourth-order valence-corrected chi connectivity index (χ4v) is 2.17. The van der Waals surface area contributed by atoms with E-state index < -0.39 is 0 Å². The fourth-order valence-electron chi connectivity index (χ4n) is 2.17. The molecule has 0 radical (unpaired) electrons. The normalized spacial score (nSPS) is 10.5. The predicted molar refractivity (Wildman–Crippen MR) is 74.6 cm³/mol. The minimum Gasteiger partial charge on any atom is -0.358 e. The van der Waals surface area contributed by atoms with Gasteiger partial charge in [-0.1, -0.05) is 24.3 Å². The number of hydrogen-bond acceptors (Lipinski definition) is 1. The number of carbonyl (C=O) groups is 1. The van der Waals surface area contributed by atoms with Crippen molar-refractivity contribution in [1.29, 1.82) is 0 Å². The molecule has 0 spiro atoms. The van der Waals surface area contributed by atoms with Crippen LogP contribution in [0.4, 0.5) is 0 Å². The van der Waals surface area contributed by atoms with Crippen LogP contribution in [0.3, 0.4) is 0 Å². The summed E-state index contributed by atoms with van der Waals surface area (Å²) in [5, 5.41) is 4.01.